The molecule has 5 rings (SSSR count). The van der Waals surface area contributed by atoms with Crippen LogP contribution >= 0.6 is 11.3 Å². The molecule has 2 aliphatic rings. The molecule has 202 valence electrons. The average molecular weight is 563 g/mol. The highest BCUT2D eigenvalue weighted by molar-refractivity contribution is 7.84. The van der Waals surface area contributed by atoms with Crippen LogP contribution in [0, 0.1) is 18.7 Å². The Kier molecular flexibility index (Phi) is 7.58. The van der Waals surface area contributed by atoms with E-state index in [0.29, 0.717) is 42.1 Å². The topological polar surface area (TPSA) is 154 Å². The molecule has 1 aliphatic carbocycles. The van der Waals surface area contributed by atoms with Gasteiger partial charge in [0.25, 0.3) is 0 Å². The van der Waals surface area contributed by atoms with Crippen molar-refractivity contribution in [2.75, 3.05) is 18.5 Å². The summed E-state index contributed by atoms with van der Waals surface area (Å²) in [5.41, 5.74) is 3.42. The average Bonchev–Trinajstić information content (AvgIpc) is 3.49. The largest absolute Gasteiger partial charge is 0.393 e. The van der Waals surface area contributed by atoms with E-state index in [1.165, 1.54) is 23.9 Å². The van der Waals surface area contributed by atoms with E-state index in [4.69, 9.17) is 9.88 Å². The first-order valence-corrected chi connectivity index (χ1v) is 14.4. The second-order valence-corrected chi connectivity index (χ2v) is 11.7. The molecule has 10 nitrogen and oxygen atoms in total. The molecule has 0 bridgehead atoms. The van der Waals surface area contributed by atoms with Crippen molar-refractivity contribution in [3.05, 3.63) is 74.6 Å². The first kappa shape index (κ1) is 26.8. The number of benzene rings is 1. The van der Waals surface area contributed by atoms with Gasteiger partial charge in [0.2, 0.25) is 5.78 Å². The van der Waals surface area contributed by atoms with Crippen LogP contribution < -0.4 is 10.5 Å². The molecule has 0 radical (unpaired) electrons. The number of carbonyl (C=O) groups is 1. The number of aromatic nitrogens is 2. The van der Waals surface area contributed by atoms with Gasteiger partial charge in [0.15, 0.2) is 0 Å². The zero-order valence-corrected chi connectivity index (χ0v) is 22.1. The Morgan fingerprint density at radius 3 is 2.95 bits per heavy atom. The molecule has 3 heterocycles. The SMILES string of the molecule is Cc1cc2c(cc1F)CCOC2c1csc(C(=O)c2cncnc2N[C@@H]2C[C@H](COS(N)(=O)=O)[C@@H](O)C2)c1. The number of nitrogens with one attached hydrogen (secondary N) is 1. The third-order valence-corrected chi connectivity index (χ3v) is 8.32. The molecule has 1 fully saturated rings. The van der Waals surface area contributed by atoms with Gasteiger partial charge in [-0.15, -0.1) is 11.3 Å². The summed E-state index contributed by atoms with van der Waals surface area (Å²) in [6.45, 7) is 1.94. The molecule has 1 aliphatic heterocycles. The fraction of sp³-hybridized carbons (Fsp3) is 0.400. The lowest BCUT2D eigenvalue weighted by molar-refractivity contribution is 0.0699. The summed E-state index contributed by atoms with van der Waals surface area (Å²) in [6, 6.07) is 4.87. The highest BCUT2D eigenvalue weighted by atomic mass is 32.2. The third-order valence-electron chi connectivity index (χ3n) is 6.91. The summed E-state index contributed by atoms with van der Waals surface area (Å²) in [4.78, 5) is 22.2. The highest BCUT2D eigenvalue weighted by Crippen LogP contribution is 2.37. The van der Waals surface area contributed by atoms with Crippen molar-refractivity contribution in [2.45, 2.75) is 44.4 Å². The minimum Gasteiger partial charge on any atom is -0.393 e. The van der Waals surface area contributed by atoms with Crippen molar-refractivity contribution in [3.8, 4) is 0 Å². The summed E-state index contributed by atoms with van der Waals surface area (Å²) in [6.07, 6.45) is 2.90. The van der Waals surface area contributed by atoms with Crippen molar-refractivity contribution in [1.29, 1.82) is 0 Å². The summed E-state index contributed by atoms with van der Waals surface area (Å²) >= 11 is 1.28. The van der Waals surface area contributed by atoms with Crippen molar-refractivity contribution < 1.29 is 31.6 Å². The Balaban J connectivity index is 1.32. The number of rotatable bonds is 8. The number of ketones is 1. The first-order chi connectivity index (χ1) is 18.1. The molecule has 38 heavy (non-hydrogen) atoms. The lowest BCUT2D eigenvalue weighted by Gasteiger charge is -2.26. The van der Waals surface area contributed by atoms with Gasteiger partial charge in [-0.1, -0.05) is 0 Å². The Bertz CT molecular complexity index is 1460. The number of aliphatic hydroxyl groups is 1. The van der Waals surface area contributed by atoms with Gasteiger partial charge in [-0.3, -0.25) is 8.98 Å². The third kappa shape index (κ3) is 5.77. The molecule has 13 heteroatoms. The van der Waals surface area contributed by atoms with Gasteiger partial charge < -0.3 is 15.2 Å². The second kappa shape index (κ2) is 10.8. The van der Waals surface area contributed by atoms with Gasteiger partial charge in [0, 0.05) is 18.2 Å². The predicted molar refractivity (Wildman–Crippen MR) is 138 cm³/mol. The minimum absolute atomic E-state index is 0.232. The maximum atomic E-state index is 14.1. The van der Waals surface area contributed by atoms with Gasteiger partial charge in [-0.05, 0) is 72.0 Å². The first-order valence-electron chi connectivity index (χ1n) is 12.0. The monoisotopic (exact) mass is 562 g/mol. The summed E-state index contributed by atoms with van der Waals surface area (Å²) in [5, 5.41) is 20.3. The van der Waals surface area contributed by atoms with Crippen LogP contribution in [-0.2, 0) is 25.6 Å². The van der Waals surface area contributed by atoms with E-state index in [2.05, 4.69) is 19.5 Å². The Labute approximate surface area is 223 Å². The fourth-order valence-electron chi connectivity index (χ4n) is 4.98. The van der Waals surface area contributed by atoms with Crippen LogP contribution in [0.2, 0.25) is 0 Å². The van der Waals surface area contributed by atoms with Crippen LogP contribution in [0.1, 0.15) is 56.4 Å². The van der Waals surface area contributed by atoms with Crippen LogP contribution in [0.4, 0.5) is 10.2 Å². The van der Waals surface area contributed by atoms with E-state index < -0.39 is 28.4 Å². The summed E-state index contributed by atoms with van der Waals surface area (Å²) in [7, 11) is -4.11. The minimum atomic E-state index is -4.11. The van der Waals surface area contributed by atoms with Crippen LogP contribution in [0.25, 0.3) is 0 Å². The number of hydrogen-bond acceptors (Lipinski definition) is 10. The molecule has 4 atom stereocenters. The standard InChI is InChI=1S/C25H27FN4O6S2/c1-13-4-18-14(6-20(13)26)2-3-35-24(18)16-7-22(37-11-16)23(32)19-9-28-12-29-25(19)30-17-5-15(21(31)8-17)10-36-38(27,33)34/h4,6-7,9,11-12,15,17,21,24,31H,2-3,5,8,10H2,1H3,(H2,27,33,34)(H,28,29,30)/t15-,17-,21+,24?/m1/s1. The van der Waals surface area contributed by atoms with Crippen LogP contribution in [0.5, 0.6) is 0 Å². The summed E-state index contributed by atoms with van der Waals surface area (Å²) in [5.74, 6) is -0.645. The molecule has 0 spiro atoms. The normalized spacial score (nSPS) is 23.3. The van der Waals surface area contributed by atoms with E-state index >= 15 is 0 Å². The molecule has 0 saturated heterocycles. The molecular formula is C25H27FN4O6S2. The second-order valence-electron chi connectivity index (χ2n) is 9.58. The number of aliphatic hydroxyl groups excluding tert-OH is 1. The number of thiophene rings is 1. The molecule has 3 aromatic rings. The van der Waals surface area contributed by atoms with Crippen LogP contribution in [-0.4, -0.2) is 54.6 Å². The lowest BCUT2D eigenvalue weighted by atomic mass is 9.92. The maximum Gasteiger partial charge on any atom is 0.333 e. The zero-order chi connectivity index (χ0) is 27.0. The van der Waals surface area contributed by atoms with Crippen LogP contribution in [0.15, 0.2) is 36.1 Å². The molecule has 0 amide bonds. The van der Waals surface area contributed by atoms with Crippen LogP contribution in [0.3, 0.4) is 0 Å². The Morgan fingerprint density at radius 1 is 1.34 bits per heavy atom. The van der Waals surface area contributed by atoms with Gasteiger partial charge in [-0.2, -0.15) is 8.42 Å². The lowest BCUT2D eigenvalue weighted by Crippen LogP contribution is -2.24. The predicted octanol–water partition coefficient (Wildman–Crippen LogP) is 2.65. The molecular weight excluding hydrogens is 535 g/mol. The van der Waals surface area contributed by atoms with Gasteiger partial charge >= 0.3 is 10.3 Å². The molecule has 4 N–H and O–H groups in total. The van der Waals surface area contributed by atoms with Crippen molar-refractivity contribution in [3.63, 3.8) is 0 Å². The molecule has 1 unspecified atom stereocenters. The van der Waals surface area contributed by atoms with E-state index in [-0.39, 0.29) is 29.8 Å². The quantitative estimate of drug-likeness (QED) is 0.352. The fourth-order valence-corrected chi connectivity index (χ4v) is 6.22. The smallest absolute Gasteiger partial charge is 0.333 e. The molecule has 1 saturated carbocycles. The maximum absolute atomic E-state index is 14.1. The van der Waals surface area contributed by atoms with Crippen molar-refractivity contribution in [1.82, 2.24) is 9.97 Å². The molecule has 2 aromatic heterocycles. The number of fused-ring (bicyclic) bond motifs is 1. The number of ether oxygens (including phenoxy) is 1. The van der Waals surface area contributed by atoms with Gasteiger partial charge in [0.1, 0.15) is 24.1 Å². The van der Waals surface area contributed by atoms with E-state index in [1.807, 2.05) is 5.38 Å². The number of nitrogens with two attached hydrogens (primary N) is 1. The van der Waals surface area contributed by atoms with E-state index in [0.717, 1.165) is 16.7 Å². The number of aryl methyl sites for hydroxylation is 1. The summed E-state index contributed by atoms with van der Waals surface area (Å²) < 4.78 is 46.9. The number of halogens is 1. The van der Waals surface area contributed by atoms with Crippen molar-refractivity contribution in [2.24, 2.45) is 11.1 Å². The van der Waals surface area contributed by atoms with Crippen molar-refractivity contribution >= 4 is 33.2 Å². The number of hydrogen-bond donors (Lipinski definition) is 3. The Morgan fingerprint density at radius 2 is 2.16 bits per heavy atom. The Hall–Kier alpha value is -2.81. The zero-order valence-electron chi connectivity index (χ0n) is 20.5. The van der Waals surface area contributed by atoms with E-state index in [9.17, 15) is 22.7 Å². The molecule has 1 aromatic carbocycles. The number of anilines is 1. The number of carbonyl (C=O) groups excluding carboxylic acids is 1. The number of nitrogens with zero attached hydrogens (tertiary/aromatic N) is 2. The van der Waals surface area contributed by atoms with Gasteiger partial charge in [0.05, 0.1) is 29.8 Å². The van der Waals surface area contributed by atoms with E-state index in [1.54, 1.807) is 25.1 Å². The highest BCUT2D eigenvalue weighted by Gasteiger charge is 2.35. The van der Waals surface area contributed by atoms with Gasteiger partial charge in [-0.25, -0.2) is 19.5 Å².